The van der Waals surface area contributed by atoms with Crippen LogP contribution < -0.4 is 9.47 Å². The van der Waals surface area contributed by atoms with Gasteiger partial charge in [-0.3, -0.25) is 0 Å². The summed E-state index contributed by atoms with van der Waals surface area (Å²) >= 11 is 1.71. The Balaban J connectivity index is 2.09. The zero-order chi connectivity index (χ0) is 13.2. The topological polar surface area (TPSA) is 18.5 Å². The summed E-state index contributed by atoms with van der Waals surface area (Å²) < 4.78 is 11.7. The second kappa shape index (κ2) is 4.94. The molecule has 0 spiro atoms. The fraction of sp³-hybridized carbons (Fsp3) is 0.125. The number of methoxy groups -OCH3 is 2. The zero-order valence-electron chi connectivity index (χ0n) is 10.8. The molecule has 0 saturated carbocycles. The molecule has 1 aromatic heterocycles. The Bertz CT molecular complexity index is 716. The van der Waals surface area contributed by atoms with Gasteiger partial charge >= 0.3 is 0 Å². The van der Waals surface area contributed by atoms with Gasteiger partial charge in [-0.05, 0) is 35.9 Å². The lowest BCUT2D eigenvalue weighted by molar-refractivity contribution is 0.415. The maximum absolute atomic E-state index is 5.26. The van der Waals surface area contributed by atoms with Crippen LogP contribution in [0.3, 0.4) is 0 Å². The third-order valence-electron chi connectivity index (χ3n) is 2.98. The van der Waals surface area contributed by atoms with Gasteiger partial charge in [-0.2, -0.15) is 0 Å². The van der Waals surface area contributed by atoms with E-state index in [4.69, 9.17) is 9.47 Å². The Labute approximate surface area is 116 Å². The van der Waals surface area contributed by atoms with Crippen LogP contribution in [0, 0.1) is 6.07 Å². The molecular formula is C16H13O2S. The van der Waals surface area contributed by atoms with Gasteiger partial charge in [0.2, 0.25) is 0 Å². The molecular weight excluding hydrogens is 256 g/mol. The molecule has 0 unspecified atom stereocenters. The normalized spacial score (nSPS) is 10.6. The molecule has 0 amide bonds. The van der Waals surface area contributed by atoms with Gasteiger partial charge in [-0.1, -0.05) is 12.1 Å². The number of thiophene rings is 1. The van der Waals surface area contributed by atoms with E-state index in [2.05, 4.69) is 12.1 Å². The highest BCUT2D eigenvalue weighted by atomic mass is 32.1. The second-order valence-corrected chi connectivity index (χ2v) is 5.20. The number of benzene rings is 2. The Kier molecular flexibility index (Phi) is 3.13. The third-order valence-corrected chi connectivity index (χ3v) is 4.08. The molecule has 1 heterocycles. The Morgan fingerprint density at radius 2 is 1.74 bits per heavy atom. The summed E-state index contributed by atoms with van der Waals surface area (Å²) in [7, 11) is 3.36. The highest BCUT2D eigenvalue weighted by Crippen LogP contribution is 2.35. The zero-order valence-corrected chi connectivity index (χ0v) is 11.6. The monoisotopic (exact) mass is 269 g/mol. The first kappa shape index (κ1) is 12.1. The van der Waals surface area contributed by atoms with E-state index in [9.17, 15) is 0 Å². The van der Waals surface area contributed by atoms with Gasteiger partial charge < -0.3 is 9.47 Å². The van der Waals surface area contributed by atoms with Gasteiger partial charge in [0.1, 0.15) is 11.5 Å². The molecule has 3 heteroatoms. The minimum absolute atomic E-state index is 0.862. The van der Waals surface area contributed by atoms with Crippen molar-refractivity contribution >= 4 is 21.4 Å². The van der Waals surface area contributed by atoms with Gasteiger partial charge in [0.25, 0.3) is 0 Å². The highest BCUT2D eigenvalue weighted by Gasteiger charge is 2.06. The van der Waals surface area contributed by atoms with Crippen molar-refractivity contribution in [2.45, 2.75) is 0 Å². The molecule has 0 saturated heterocycles. The average Bonchev–Trinajstić information content (AvgIpc) is 2.90. The summed E-state index contributed by atoms with van der Waals surface area (Å²) in [6, 6.07) is 17.5. The largest absolute Gasteiger partial charge is 0.497 e. The fourth-order valence-electron chi connectivity index (χ4n) is 1.97. The molecule has 3 aromatic rings. The lowest BCUT2D eigenvalue weighted by atomic mass is 10.1. The SMILES string of the molecule is COc1cccc(-c2[c]c3ccc(OC)cc3s2)c1. The molecule has 0 bridgehead atoms. The Morgan fingerprint density at radius 3 is 2.53 bits per heavy atom. The number of rotatable bonds is 3. The van der Waals surface area contributed by atoms with Gasteiger partial charge in [0.05, 0.1) is 14.2 Å². The minimum Gasteiger partial charge on any atom is -0.497 e. The van der Waals surface area contributed by atoms with Crippen LogP contribution in [0.1, 0.15) is 0 Å². The van der Waals surface area contributed by atoms with Crippen LogP contribution in [0.4, 0.5) is 0 Å². The molecule has 19 heavy (non-hydrogen) atoms. The van der Waals surface area contributed by atoms with E-state index in [1.807, 2.05) is 36.4 Å². The summed E-state index contributed by atoms with van der Waals surface area (Å²) in [4.78, 5) is 1.11. The lowest BCUT2D eigenvalue weighted by Gasteiger charge is -2.01. The number of hydrogen-bond donors (Lipinski definition) is 0. The van der Waals surface area contributed by atoms with Crippen LogP contribution in [0.25, 0.3) is 20.5 Å². The van der Waals surface area contributed by atoms with Gasteiger partial charge in [-0.15, -0.1) is 11.3 Å². The molecule has 3 rings (SSSR count). The van der Waals surface area contributed by atoms with Crippen LogP contribution in [-0.4, -0.2) is 14.2 Å². The number of ether oxygens (including phenoxy) is 2. The maximum Gasteiger partial charge on any atom is 0.120 e. The van der Waals surface area contributed by atoms with Gasteiger partial charge in [0, 0.05) is 21.0 Å². The predicted molar refractivity (Wildman–Crippen MR) is 79.2 cm³/mol. The summed E-state index contributed by atoms with van der Waals surface area (Å²) in [5, 5.41) is 1.11. The van der Waals surface area contributed by atoms with Crippen molar-refractivity contribution < 1.29 is 9.47 Å². The van der Waals surface area contributed by atoms with Crippen molar-refractivity contribution in [1.82, 2.24) is 0 Å². The molecule has 0 atom stereocenters. The van der Waals surface area contributed by atoms with E-state index in [1.54, 1.807) is 25.6 Å². The van der Waals surface area contributed by atoms with Crippen LogP contribution in [-0.2, 0) is 0 Å². The van der Waals surface area contributed by atoms with Crippen LogP contribution >= 0.6 is 11.3 Å². The molecule has 1 radical (unpaired) electrons. The van der Waals surface area contributed by atoms with Gasteiger partial charge in [0.15, 0.2) is 0 Å². The average molecular weight is 269 g/mol. The van der Waals surface area contributed by atoms with Crippen molar-refractivity contribution in [2.75, 3.05) is 14.2 Å². The molecule has 0 aliphatic carbocycles. The van der Waals surface area contributed by atoms with Crippen LogP contribution in [0.5, 0.6) is 11.5 Å². The lowest BCUT2D eigenvalue weighted by Crippen LogP contribution is -1.81. The summed E-state index contributed by atoms with van der Waals surface area (Å²) in [6.07, 6.45) is 0. The van der Waals surface area contributed by atoms with E-state index in [1.165, 1.54) is 4.70 Å². The van der Waals surface area contributed by atoms with Crippen molar-refractivity contribution in [3.05, 3.63) is 48.5 Å². The first-order valence-corrected chi connectivity index (χ1v) is 6.76. The molecule has 95 valence electrons. The first-order valence-electron chi connectivity index (χ1n) is 5.94. The fourth-order valence-corrected chi connectivity index (χ4v) is 3.00. The van der Waals surface area contributed by atoms with E-state index in [-0.39, 0.29) is 0 Å². The van der Waals surface area contributed by atoms with Crippen molar-refractivity contribution in [3.8, 4) is 21.9 Å². The number of fused-ring (bicyclic) bond motifs is 1. The third kappa shape index (κ3) is 2.29. The first-order chi connectivity index (χ1) is 9.30. The van der Waals surface area contributed by atoms with Crippen LogP contribution in [0.2, 0.25) is 0 Å². The Morgan fingerprint density at radius 1 is 0.947 bits per heavy atom. The Hall–Kier alpha value is -2.00. The van der Waals surface area contributed by atoms with E-state index < -0.39 is 0 Å². The summed E-state index contributed by atoms with van der Waals surface area (Å²) in [5.74, 6) is 1.74. The van der Waals surface area contributed by atoms with Crippen molar-refractivity contribution in [3.63, 3.8) is 0 Å². The smallest absolute Gasteiger partial charge is 0.120 e. The summed E-state index contributed by atoms with van der Waals surface area (Å²) in [5.41, 5.74) is 1.12. The molecule has 0 aliphatic rings. The van der Waals surface area contributed by atoms with Gasteiger partial charge in [-0.25, -0.2) is 0 Å². The molecule has 2 nitrogen and oxygen atoms in total. The van der Waals surface area contributed by atoms with E-state index in [0.29, 0.717) is 0 Å². The summed E-state index contributed by atoms with van der Waals surface area (Å²) in [6.45, 7) is 0. The van der Waals surface area contributed by atoms with E-state index in [0.717, 1.165) is 27.3 Å². The maximum atomic E-state index is 5.26. The number of hydrogen-bond acceptors (Lipinski definition) is 3. The highest BCUT2D eigenvalue weighted by molar-refractivity contribution is 7.22. The van der Waals surface area contributed by atoms with Crippen molar-refractivity contribution in [2.24, 2.45) is 0 Å². The van der Waals surface area contributed by atoms with Crippen LogP contribution in [0.15, 0.2) is 42.5 Å². The second-order valence-electron chi connectivity index (χ2n) is 4.15. The minimum atomic E-state index is 0.862. The molecule has 0 aliphatic heterocycles. The van der Waals surface area contributed by atoms with E-state index >= 15 is 0 Å². The standard InChI is InChI=1S/C16H13O2S/c1-17-13-5-3-4-11(8-13)15-9-12-6-7-14(18-2)10-16(12)19-15/h3-8,10H,1-2H3. The van der Waals surface area contributed by atoms with Crippen molar-refractivity contribution in [1.29, 1.82) is 0 Å². The quantitative estimate of drug-likeness (QED) is 0.702. The molecule has 0 fully saturated rings. The predicted octanol–water partition coefficient (Wildman–Crippen LogP) is 4.39. The molecule has 0 N–H and O–H groups in total. The molecule has 2 aromatic carbocycles.